The summed E-state index contributed by atoms with van der Waals surface area (Å²) >= 11 is 0. The van der Waals surface area contributed by atoms with E-state index >= 15 is 0 Å². The molecule has 0 aromatic rings. The Morgan fingerprint density at radius 2 is 1.87 bits per heavy atom. The van der Waals surface area contributed by atoms with Crippen molar-refractivity contribution in [3.63, 3.8) is 0 Å². The molecule has 0 radical (unpaired) electrons. The fourth-order valence-electron chi connectivity index (χ4n) is 2.75. The standard InChI is InChI=1S/C12H23NO2/c1-3-7-12(8-4-2)9-5-6-10-13(15)11(12)14/h15H,3-10H2,1-2H3. The lowest BCUT2D eigenvalue weighted by molar-refractivity contribution is -0.176. The van der Waals surface area contributed by atoms with E-state index in [1.807, 2.05) is 0 Å². The van der Waals surface area contributed by atoms with E-state index in [0.29, 0.717) is 6.54 Å². The topological polar surface area (TPSA) is 40.5 Å². The highest BCUT2D eigenvalue weighted by atomic mass is 16.5. The van der Waals surface area contributed by atoms with Crippen LogP contribution in [0.1, 0.15) is 58.8 Å². The third kappa shape index (κ3) is 2.71. The van der Waals surface area contributed by atoms with Gasteiger partial charge in [0.15, 0.2) is 0 Å². The van der Waals surface area contributed by atoms with Crippen LogP contribution in [-0.4, -0.2) is 22.7 Å². The molecule has 0 bridgehead atoms. The fourth-order valence-corrected chi connectivity index (χ4v) is 2.75. The molecule has 1 N–H and O–H groups in total. The van der Waals surface area contributed by atoms with Gasteiger partial charge in [0, 0.05) is 6.54 Å². The Hall–Kier alpha value is -0.570. The van der Waals surface area contributed by atoms with Crippen molar-refractivity contribution in [2.45, 2.75) is 58.8 Å². The summed E-state index contributed by atoms with van der Waals surface area (Å²) in [5.74, 6) is -0.0382. The Bertz CT molecular complexity index is 210. The van der Waals surface area contributed by atoms with Crippen molar-refractivity contribution < 1.29 is 10.0 Å². The summed E-state index contributed by atoms with van der Waals surface area (Å²) in [5.41, 5.74) is -0.269. The van der Waals surface area contributed by atoms with Crippen LogP contribution in [0.2, 0.25) is 0 Å². The van der Waals surface area contributed by atoms with Crippen molar-refractivity contribution in [1.29, 1.82) is 0 Å². The van der Waals surface area contributed by atoms with E-state index < -0.39 is 0 Å². The number of amides is 1. The smallest absolute Gasteiger partial charge is 0.252 e. The SMILES string of the molecule is CCCC1(CCC)CCCCN(O)C1=O. The zero-order chi connectivity index (χ0) is 11.3. The molecular weight excluding hydrogens is 190 g/mol. The maximum atomic E-state index is 12.1. The highest BCUT2D eigenvalue weighted by Crippen LogP contribution is 2.38. The first-order chi connectivity index (χ1) is 7.16. The van der Waals surface area contributed by atoms with Crippen LogP contribution in [0.25, 0.3) is 0 Å². The predicted octanol–water partition coefficient (Wildman–Crippen LogP) is 2.97. The van der Waals surface area contributed by atoms with Gasteiger partial charge >= 0.3 is 0 Å². The van der Waals surface area contributed by atoms with E-state index in [0.717, 1.165) is 50.0 Å². The number of nitrogens with zero attached hydrogens (tertiary/aromatic N) is 1. The summed E-state index contributed by atoms with van der Waals surface area (Å²) < 4.78 is 0. The Morgan fingerprint density at radius 1 is 1.27 bits per heavy atom. The number of carbonyl (C=O) groups excluding carboxylic acids is 1. The van der Waals surface area contributed by atoms with Crippen LogP contribution in [0.4, 0.5) is 0 Å². The van der Waals surface area contributed by atoms with Crippen LogP contribution in [0.15, 0.2) is 0 Å². The second-order valence-corrected chi connectivity index (χ2v) is 4.67. The van der Waals surface area contributed by atoms with Gasteiger partial charge in [0.1, 0.15) is 0 Å². The first-order valence-electron chi connectivity index (χ1n) is 6.17. The predicted molar refractivity (Wildman–Crippen MR) is 59.6 cm³/mol. The summed E-state index contributed by atoms with van der Waals surface area (Å²) in [6.07, 6.45) is 6.79. The highest BCUT2D eigenvalue weighted by molar-refractivity contribution is 5.81. The number of carbonyl (C=O) groups is 1. The minimum Gasteiger partial charge on any atom is -0.286 e. The number of hydrogen-bond donors (Lipinski definition) is 1. The maximum Gasteiger partial charge on any atom is 0.252 e. The van der Waals surface area contributed by atoms with Crippen LogP contribution in [-0.2, 0) is 4.79 Å². The quantitative estimate of drug-likeness (QED) is 0.729. The zero-order valence-corrected chi connectivity index (χ0v) is 9.96. The van der Waals surface area contributed by atoms with Crippen LogP contribution in [0.3, 0.4) is 0 Å². The van der Waals surface area contributed by atoms with Crippen molar-refractivity contribution in [1.82, 2.24) is 5.06 Å². The van der Waals surface area contributed by atoms with Gasteiger partial charge in [-0.1, -0.05) is 33.1 Å². The Labute approximate surface area is 92.4 Å². The lowest BCUT2D eigenvalue weighted by Gasteiger charge is -2.32. The Morgan fingerprint density at radius 3 is 2.40 bits per heavy atom. The average Bonchev–Trinajstić information content (AvgIpc) is 2.34. The molecule has 1 aliphatic heterocycles. The molecule has 0 aromatic heterocycles. The normalized spacial score (nSPS) is 21.5. The van der Waals surface area contributed by atoms with E-state index in [1.165, 1.54) is 0 Å². The van der Waals surface area contributed by atoms with Gasteiger partial charge < -0.3 is 0 Å². The van der Waals surface area contributed by atoms with E-state index in [9.17, 15) is 10.0 Å². The molecule has 1 heterocycles. The number of rotatable bonds is 4. The molecule has 0 aromatic carbocycles. The van der Waals surface area contributed by atoms with Gasteiger partial charge in [-0.3, -0.25) is 10.0 Å². The van der Waals surface area contributed by atoms with E-state index in [4.69, 9.17) is 0 Å². The number of hydroxylamine groups is 2. The van der Waals surface area contributed by atoms with E-state index in [2.05, 4.69) is 13.8 Å². The summed E-state index contributed by atoms with van der Waals surface area (Å²) in [7, 11) is 0. The molecule has 0 aliphatic carbocycles. The molecule has 0 unspecified atom stereocenters. The second-order valence-electron chi connectivity index (χ2n) is 4.67. The second kappa shape index (κ2) is 5.50. The summed E-state index contributed by atoms with van der Waals surface area (Å²) in [4.78, 5) is 12.1. The van der Waals surface area contributed by atoms with Crippen molar-refractivity contribution in [3.8, 4) is 0 Å². The highest BCUT2D eigenvalue weighted by Gasteiger charge is 2.40. The molecular formula is C12H23NO2. The summed E-state index contributed by atoms with van der Waals surface area (Å²) in [6.45, 7) is 4.72. The van der Waals surface area contributed by atoms with Crippen LogP contribution in [0, 0.1) is 5.41 Å². The summed E-state index contributed by atoms with van der Waals surface area (Å²) in [5, 5.41) is 10.6. The first-order valence-corrected chi connectivity index (χ1v) is 6.17. The largest absolute Gasteiger partial charge is 0.286 e. The van der Waals surface area contributed by atoms with Gasteiger partial charge in [0.05, 0.1) is 5.41 Å². The van der Waals surface area contributed by atoms with E-state index in [1.54, 1.807) is 0 Å². The first kappa shape index (κ1) is 12.5. The van der Waals surface area contributed by atoms with E-state index in [-0.39, 0.29) is 11.3 Å². The van der Waals surface area contributed by atoms with Crippen molar-refractivity contribution in [3.05, 3.63) is 0 Å². The molecule has 1 rings (SSSR count). The van der Waals surface area contributed by atoms with Gasteiger partial charge in [0.2, 0.25) is 0 Å². The third-order valence-corrected chi connectivity index (χ3v) is 3.42. The zero-order valence-electron chi connectivity index (χ0n) is 9.96. The minimum absolute atomic E-state index is 0.0382. The molecule has 1 saturated heterocycles. The van der Waals surface area contributed by atoms with Gasteiger partial charge in [-0.2, -0.15) is 0 Å². The lowest BCUT2D eigenvalue weighted by Crippen LogP contribution is -2.41. The molecule has 3 nitrogen and oxygen atoms in total. The third-order valence-electron chi connectivity index (χ3n) is 3.42. The molecule has 15 heavy (non-hydrogen) atoms. The monoisotopic (exact) mass is 213 g/mol. The van der Waals surface area contributed by atoms with Crippen LogP contribution in [0.5, 0.6) is 0 Å². The maximum absolute atomic E-state index is 12.1. The summed E-state index contributed by atoms with van der Waals surface area (Å²) in [6, 6.07) is 0. The lowest BCUT2D eigenvalue weighted by atomic mass is 9.75. The minimum atomic E-state index is -0.269. The molecule has 1 aliphatic rings. The molecule has 1 fully saturated rings. The van der Waals surface area contributed by atoms with Crippen molar-refractivity contribution in [2.75, 3.05) is 6.54 Å². The van der Waals surface area contributed by atoms with Crippen molar-refractivity contribution in [2.24, 2.45) is 5.41 Å². The molecule has 0 spiro atoms. The Balaban J connectivity index is 2.84. The van der Waals surface area contributed by atoms with Gasteiger partial charge in [-0.05, 0) is 25.7 Å². The molecule has 1 amide bonds. The van der Waals surface area contributed by atoms with Crippen LogP contribution >= 0.6 is 0 Å². The molecule has 88 valence electrons. The van der Waals surface area contributed by atoms with Crippen molar-refractivity contribution >= 4 is 5.91 Å². The van der Waals surface area contributed by atoms with Gasteiger partial charge in [0.25, 0.3) is 5.91 Å². The fraction of sp³-hybridized carbons (Fsp3) is 0.917. The molecule has 0 atom stereocenters. The average molecular weight is 213 g/mol. The Kier molecular flexibility index (Phi) is 4.58. The van der Waals surface area contributed by atoms with Gasteiger partial charge in [-0.15, -0.1) is 0 Å². The number of hydrogen-bond acceptors (Lipinski definition) is 2. The molecule has 0 saturated carbocycles. The van der Waals surface area contributed by atoms with Gasteiger partial charge in [-0.25, -0.2) is 5.06 Å². The van der Waals surface area contributed by atoms with Crippen LogP contribution < -0.4 is 0 Å². The molecule has 3 heteroatoms.